The van der Waals surface area contributed by atoms with Crippen molar-refractivity contribution in [3.63, 3.8) is 0 Å². The molecule has 1 aromatic rings. The third kappa shape index (κ3) is 5.92. The maximum atomic E-state index is 12.3. The van der Waals surface area contributed by atoms with E-state index in [1.165, 1.54) is 18.2 Å². The molecule has 1 rings (SSSR count). The molecule has 0 fully saturated rings. The topological polar surface area (TPSA) is 63.6 Å². The van der Waals surface area contributed by atoms with Crippen molar-refractivity contribution in [3.8, 4) is 0 Å². The zero-order valence-electron chi connectivity index (χ0n) is 10.0. The Hall–Kier alpha value is -1.76. The molecule has 0 saturated carbocycles. The summed E-state index contributed by atoms with van der Waals surface area (Å²) in [6, 6.07) is 3.84. The van der Waals surface area contributed by atoms with Gasteiger partial charge in [0.2, 0.25) is 0 Å². The molecule has 1 N–H and O–H groups in total. The van der Waals surface area contributed by atoms with Crippen LogP contribution >= 0.6 is 11.6 Å². The Kier molecular flexibility index (Phi) is 5.38. The first-order chi connectivity index (χ1) is 9.17. The van der Waals surface area contributed by atoms with E-state index in [9.17, 15) is 22.8 Å². The number of carboxylic acids is 1. The molecule has 0 radical (unpaired) electrons. The number of esters is 1. The van der Waals surface area contributed by atoms with E-state index in [0.29, 0.717) is 5.56 Å². The highest BCUT2D eigenvalue weighted by Crippen LogP contribution is 2.27. The van der Waals surface area contributed by atoms with Crippen molar-refractivity contribution in [1.29, 1.82) is 0 Å². The van der Waals surface area contributed by atoms with E-state index in [1.54, 1.807) is 0 Å². The number of halogens is 4. The van der Waals surface area contributed by atoms with Crippen molar-refractivity contribution >= 4 is 23.5 Å². The van der Waals surface area contributed by atoms with Gasteiger partial charge in [0.05, 0.1) is 6.42 Å². The quantitative estimate of drug-likeness (QED) is 0.671. The van der Waals surface area contributed by atoms with Crippen LogP contribution in [0.3, 0.4) is 0 Å². The first kappa shape index (κ1) is 16.3. The second-order valence-electron chi connectivity index (χ2n) is 3.95. The Balaban J connectivity index is 2.70. The summed E-state index contributed by atoms with van der Waals surface area (Å²) < 4.78 is 41.5. The average molecular weight is 311 g/mol. The van der Waals surface area contributed by atoms with Gasteiger partial charge in [0.1, 0.15) is 13.0 Å². The van der Waals surface area contributed by atoms with Crippen molar-refractivity contribution in [2.24, 2.45) is 0 Å². The molecule has 110 valence electrons. The van der Waals surface area contributed by atoms with Crippen molar-refractivity contribution < 1.29 is 32.6 Å². The summed E-state index contributed by atoms with van der Waals surface area (Å²) in [7, 11) is 0. The average Bonchev–Trinajstić information content (AvgIpc) is 2.27. The van der Waals surface area contributed by atoms with Crippen LogP contribution in [0.15, 0.2) is 18.2 Å². The van der Waals surface area contributed by atoms with E-state index in [1.807, 2.05) is 0 Å². The summed E-state index contributed by atoms with van der Waals surface area (Å²) in [5, 5.41) is 8.31. The fourth-order valence-electron chi connectivity index (χ4n) is 1.41. The predicted octanol–water partition coefficient (Wildman–Crippen LogP) is 2.96. The summed E-state index contributed by atoms with van der Waals surface area (Å²) in [4.78, 5) is 21.2. The number of benzene rings is 1. The molecular formula is C12H10ClF3O4. The summed E-state index contributed by atoms with van der Waals surface area (Å²) >= 11 is 5.65. The molecule has 0 aliphatic rings. The summed E-state index contributed by atoms with van der Waals surface area (Å²) in [5.41, 5.74) is 0.165. The lowest BCUT2D eigenvalue weighted by atomic mass is 10.1. The van der Waals surface area contributed by atoms with Gasteiger partial charge in [0, 0.05) is 5.02 Å². The number of carbonyl (C=O) groups excluding carboxylic acids is 1. The lowest BCUT2D eigenvalue weighted by Gasteiger charge is -2.10. The first-order valence-corrected chi connectivity index (χ1v) is 5.76. The molecule has 1 aromatic carbocycles. The van der Waals surface area contributed by atoms with Crippen LogP contribution in [0.2, 0.25) is 5.02 Å². The maximum Gasteiger partial charge on any atom is 0.393 e. The van der Waals surface area contributed by atoms with E-state index in [0.717, 1.165) is 0 Å². The SMILES string of the molecule is O=C(O)CC(=O)OCc1ccc(Cl)c(CC(F)(F)F)c1. The minimum absolute atomic E-state index is 0.0389. The molecule has 0 aromatic heterocycles. The standard InChI is InChI=1S/C12H10ClF3O4/c13-9-2-1-7(3-8(9)5-12(14,15)16)6-20-11(19)4-10(17)18/h1-3H,4-6H2,(H,17,18). The second kappa shape index (κ2) is 6.60. The van der Waals surface area contributed by atoms with Gasteiger partial charge in [-0.2, -0.15) is 13.2 Å². The molecule has 20 heavy (non-hydrogen) atoms. The summed E-state index contributed by atoms with van der Waals surface area (Å²) in [5.74, 6) is -2.31. The maximum absolute atomic E-state index is 12.3. The smallest absolute Gasteiger partial charge is 0.393 e. The monoisotopic (exact) mass is 310 g/mol. The largest absolute Gasteiger partial charge is 0.481 e. The van der Waals surface area contributed by atoms with Crippen LogP contribution in [-0.2, 0) is 27.4 Å². The van der Waals surface area contributed by atoms with Gasteiger partial charge in [0.25, 0.3) is 0 Å². The number of rotatable bonds is 5. The number of hydrogen-bond acceptors (Lipinski definition) is 3. The van der Waals surface area contributed by atoms with Crippen LogP contribution in [0.25, 0.3) is 0 Å². The summed E-state index contributed by atoms with van der Waals surface area (Å²) in [6.07, 6.45) is -6.39. The lowest BCUT2D eigenvalue weighted by Crippen LogP contribution is -2.13. The molecule has 0 amide bonds. The minimum Gasteiger partial charge on any atom is -0.481 e. The Morgan fingerprint density at radius 1 is 1.30 bits per heavy atom. The van der Waals surface area contributed by atoms with Gasteiger partial charge in [-0.25, -0.2) is 0 Å². The van der Waals surface area contributed by atoms with Crippen molar-refractivity contribution in [3.05, 3.63) is 34.3 Å². The number of hydrogen-bond donors (Lipinski definition) is 1. The normalized spacial score (nSPS) is 11.2. The molecule has 0 saturated heterocycles. The van der Waals surface area contributed by atoms with E-state index in [4.69, 9.17) is 16.7 Å². The molecule has 4 nitrogen and oxygen atoms in total. The predicted molar refractivity (Wildman–Crippen MR) is 63.3 cm³/mol. The van der Waals surface area contributed by atoms with Crippen LogP contribution in [-0.4, -0.2) is 23.2 Å². The third-order valence-electron chi connectivity index (χ3n) is 2.20. The zero-order valence-corrected chi connectivity index (χ0v) is 10.8. The van der Waals surface area contributed by atoms with Gasteiger partial charge in [-0.3, -0.25) is 9.59 Å². The minimum atomic E-state index is -4.40. The number of carbonyl (C=O) groups is 2. The molecule has 0 unspecified atom stereocenters. The number of ether oxygens (including phenoxy) is 1. The fourth-order valence-corrected chi connectivity index (χ4v) is 1.59. The van der Waals surface area contributed by atoms with E-state index < -0.39 is 31.0 Å². The van der Waals surface area contributed by atoms with Crippen molar-refractivity contribution in [2.75, 3.05) is 0 Å². The Bertz CT molecular complexity index is 514. The summed E-state index contributed by atoms with van der Waals surface area (Å²) in [6.45, 7) is -0.311. The molecular weight excluding hydrogens is 301 g/mol. The fraction of sp³-hybridized carbons (Fsp3) is 0.333. The van der Waals surface area contributed by atoms with E-state index in [-0.39, 0.29) is 17.2 Å². The molecule has 0 bridgehead atoms. The molecule has 0 atom stereocenters. The van der Waals surface area contributed by atoms with Crippen LogP contribution in [0.1, 0.15) is 17.5 Å². The van der Waals surface area contributed by atoms with Crippen LogP contribution < -0.4 is 0 Å². The number of aliphatic carboxylic acids is 1. The van der Waals surface area contributed by atoms with E-state index in [2.05, 4.69) is 4.74 Å². The van der Waals surface area contributed by atoms with Gasteiger partial charge in [-0.05, 0) is 17.2 Å². The van der Waals surface area contributed by atoms with Gasteiger partial charge < -0.3 is 9.84 Å². The highest BCUT2D eigenvalue weighted by atomic mass is 35.5. The Morgan fingerprint density at radius 3 is 2.50 bits per heavy atom. The Morgan fingerprint density at radius 2 is 1.95 bits per heavy atom. The third-order valence-corrected chi connectivity index (χ3v) is 2.57. The van der Waals surface area contributed by atoms with E-state index >= 15 is 0 Å². The second-order valence-corrected chi connectivity index (χ2v) is 4.36. The first-order valence-electron chi connectivity index (χ1n) is 5.39. The molecule has 0 heterocycles. The number of carboxylic acid groups (broad SMARTS) is 1. The van der Waals surface area contributed by atoms with Crippen molar-refractivity contribution in [2.45, 2.75) is 25.6 Å². The zero-order chi connectivity index (χ0) is 15.3. The number of alkyl halides is 3. The van der Waals surface area contributed by atoms with Gasteiger partial charge in [0.15, 0.2) is 0 Å². The van der Waals surface area contributed by atoms with Gasteiger partial charge in [-0.15, -0.1) is 0 Å². The van der Waals surface area contributed by atoms with Crippen LogP contribution in [0.4, 0.5) is 13.2 Å². The highest BCUT2D eigenvalue weighted by molar-refractivity contribution is 6.31. The Labute approximate surface area is 117 Å². The molecule has 0 aliphatic heterocycles. The molecule has 0 spiro atoms. The molecule has 8 heteroatoms. The van der Waals surface area contributed by atoms with Gasteiger partial charge in [-0.1, -0.05) is 23.7 Å². The van der Waals surface area contributed by atoms with Crippen LogP contribution in [0.5, 0.6) is 0 Å². The van der Waals surface area contributed by atoms with Crippen molar-refractivity contribution in [1.82, 2.24) is 0 Å². The van der Waals surface area contributed by atoms with Gasteiger partial charge >= 0.3 is 18.1 Å². The van der Waals surface area contributed by atoms with Crippen LogP contribution in [0, 0.1) is 0 Å². The lowest BCUT2D eigenvalue weighted by molar-refractivity contribution is -0.152. The molecule has 0 aliphatic carbocycles. The highest BCUT2D eigenvalue weighted by Gasteiger charge is 2.28.